The lowest BCUT2D eigenvalue weighted by Crippen LogP contribution is -2.43. The lowest BCUT2D eigenvalue weighted by atomic mass is 9.91. The number of halogens is 4. The predicted molar refractivity (Wildman–Crippen MR) is 137 cm³/mol. The maximum atomic E-state index is 12.7. The number of carbonyl (C=O) groups excluding carboxylic acids is 1. The van der Waals surface area contributed by atoms with Crippen molar-refractivity contribution in [3.05, 3.63) is 83.4 Å². The number of rotatable bonds is 7. The molecular formula is C26H24ClF3N6O3. The van der Waals surface area contributed by atoms with Crippen LogP contribution in [-0.4, -0.2) is 61.6 Å². The van der Waals surface area contributed by atoms with Crippen molar-refractivity contribution in [2.45, 2.75) is 42.8 Å². The van der Waals surface area contributed by atoms with Crippen molar-refractivity contribution < 1.29 is 27.8 Å². The number of alkyl halides is 3. The molecule has 2 aromatic heterocycles. The maximum absolute atomic E-state index is 12.7. The van der Waals surface area contributed by atoms with Crippen molar-refractivity contribution in [2.75, 3.05) is 11.9 Å². The van der Waals surface area contributed by atoms with Gasteiger partial charge in [-0.1, -0.05) is 60.7 Å². The quantitative estimate of drug-likeness (QED) is 0.230. The molecule has 4 aromatic rings. The molecule has 0 radical (unpaired) electrons. The van der Waals surface area contributed by atoms with Crippen molar-refractivity contribution in [3.8, 4) is 0 Å². The summed E-state index contributed by atoms with van der Waals surface area (Å²) in [6.07, 6.45) is -6.92. The Morgan fingerprint density at radius 3 is 2.33 bits per heavy atom. The van der Waals surface area contributed by atoms with Crippen LogP contribution in [0.5, 0.6) is 0 Å². The third kappa shape index (κ3) is 5.54. The average Bonchev–Trinajstić information content (AvgIpc) is 3.45. The fraction of sp³-hybridized carbons (Fsp3) is 0.308. The van der Waals surface area contributed by atoms with Gasteiger partial charge in [-0.3, -0.25) is 0 Å². The monoisotopic (exact) mass is 560 g/mol. The van der Waals surface area contributed by atoms with Crippen LogP contribution in [0.3, 0.4) is 0 Å². The average molecular weight is 561 g/mol. The molecule has 5 rings (SSSR count). The number of imidazole rings is 1. The molecule has 39 heavy (non-hydrogen) atoms. The molecule has 1 aliphatic rings. The smallest absolute Gasteiger partial charge is 0.451 e. The fourth-order valence-corrected chi connectivity index (χ4v) is 5.07. The number of esters is 1. The summed E-state index contributed by atoms with van der Waals surface area (Å²) in [6.45, 7) is 0.440. The summed E-state index contributed by atoms with van der Waals surface area (Å²) in [5, 5.41) is 14.0. The fourth-order valence-electron chi connectivity index (χ4n) is 4.90. The Labute approximate surface area is 225 Å². The Bertz CT molecular complexity index is 1410. The number of nitrogens with one attached hydrogen (secondary N) is 1. The van der Waals surface area contributed by atoms with Gasteiger partial charge in [0.05, 0.1) is 12.4 Å². The Morgan fingerprint density at radius 2 is 1.74 bits per heavy atom. The van der Waals surface area contributed by atoms with Crippen LogP contribution >= 0.6 is 11.6 Å². The zero-order chi connectivity index (χ0) is 27.7. The lowest BCUT2D eigenvalue weighted by Gasteiger charge is -2.22. The van der Waals surface area contributed by atoms with E-state index in [0.29, 0.717) is 17.9 Å². The Hall–Kier alpha value is -3.74. The third-order valence-electron chi connectivity index (χ3n) is 6.77. The highest BCUT2D eigenvalue weighted by Crippen LogP contribution is 2.36. The number of aliphatic hydroxyl groups is 1. The van der Waals surface area contributed by atoms with E-state index in [1.165, 1.54) is 10.9 Å². The molecular weight excluding hydrogens is 537 g/mol. The van der Waals surface area contributed by atoms with E-state index in [-0.39, 0.29) is 23.3 Å². The molecule has 0 saturated heterocycles. The first kappa shape index (κ1) is 26.9. The SMILES string of the molecule is N[C@H]1CC(n2cnc3c(NCC(c4ccccc4)c4ccccc4)nc(Cl)nc32)[C@H](O)[C@@H]1OC(=O)C(F)(F)F. The van der Waals surface area contributed by atoms with E-state index in [0.717, 1.165) is 11.1 Å². The molecule has 0 amide bonds. The molecule has 4 N–H and O–H groups in total. The van der Waals surface area contributed by atoms with Gasteiger partial charge in [-0.25, -0.2) is 9.78 Å². The zero-order valence-corrected chi connectivity index (χ0v) is 21.0. The highest BCUT2D eigenvalue weighted by atomic mass is 35.5. The molecule has 1 fully saturated rings. The standard InChI is InChI=1S/C26H24ClF3N6O3/c27-25-34-22(32-12-16(14-7-3-1-4-8-14)15-9-5-2-6-10-15)19-23(35-25)36(13-33-19)18-11-17(31)21(20(18)37)39-24(38)26(28,29)30/h1-10,13,16-18,20-21,37H,11-12,31H2,(H,32,34,35)/t17-,18?,20-,21+/m0/s1. The van der Waals surface area contributed by atoms with Crippen molar-refractivity contribution in [3.63, 3.8) is 0 Å². The molecule has 204 valence electrons. The number of carbonyl (C=O) groups is 1. The summed E-state index contributed by atoms with van der Waals surface area (Å²) in [4.78, 5) is 24.3. The van der Waals surface area contributed by atoms with E-state index in [1.54, 1.807) is 0 Å². The number of ether oxygens (including phenoxy) is 1. The van der Waals surface area contributed by atoms with E-state index in [4.69, 9.17) is 17.3 Å². The van der Waals surface area contributed by atoms with E-state index in [1.807, 2.05) is 60.7 Å². The lowest BCUT2D eigenvalue weighted by molar-refractivity contribution is -0.208. The minimum Gasteiger partial charge on any atom is -0.451 e. The van der Waals surface area contributed by atoms with Gasteiger partial charge in [-0.05, 0) is 29.1 Å². The molecule has 1 saturated carbocycles. The molecule has 2 heterocycles. The highest BCUT2D eigenvalue weighted by molar-refractivity contribution is 6.28. The van der Waals surface area contributed by atoms with Crippen molar-refractivity contribution in [1.82, 2.24) is 19.5 Å². The van der Waals surface area contributed by atoms with Gasteiger partial charge in [0.2, 0.25) is 5.28 Å². The minimum atomic E-state index is -5.21. The number of aliphatic hydroxyl groups excluding tert-OH is 1. The first-order chi connectivity index (χ1) is 18.6. The van der Waals surface area contributed by atoms with Crippen LogP contribution in [0.1, 0.15) is 29.5 Å². The van der Waals surface area contributed by atoms with Gasteiger partial charge in [-0.15, -0.1) is 0 Å². The van der Waals surface area contributed by atoms with Crippen LogP contribution in [0.15, 0.2) is 67.0 Å². The second-order valence-corrected chi connectivity index (χ2v) is 9.58. The molecule has 0 aliphatic heterocycles. The van der Waals surface area contributed by atoms with Crippen LogP contribution in [-0.2, 0) is 9.53 Å². The number of aromatic nitrogens is 4. The van der Waals surface area contributed by atoms with Gasteiger partial charge >= 0.3 is 12.1 Å². The molecule has 0 spiro atoms. The number of hydrogen-bond acceptors (Lipinski definition) is 8. The molecule has 1 aliphatic carbocycles. The summed E-state index contributed by atoms with van der Waals surface area (Å²) in [5.41, 5.74) is 8.70. The summed E-state index contributed by atoms with van der Waals surface area (Å²) >= 11 is 6.24. The van der Waals surface area contributed by atoms with Gasteiger partial charge in [0, 0.05) is 18.5 Å². The van der Waals surface area contributed by atoms with Gasteiger partial charge < -0.3 is 25.5 Å². The van der Waals surface area contributed by atoms with Crippen LogP contribution in [0.2, 0.25) is 5.28 Å². The van der Waals surface area contributed by atoms with Crippen LogP contribution in [0.25, 0.3) is 11.2 Å². The summed E-state index contributed by atoms with van der Waals surface area (Å²) in [6, 6.07) is 18.0. The Morgan fingerprint density at radius 1 is 1.13 bits per heavy atom. The van der Waals surface area contributed by atoms with Gasteiger partial charge in [0.15, 0.2) is 17.0 Å². The molecule has 13 heteroatoms. The number of benzene rings is 2. The highest BCUT2D eigenvalue weighted by Gasteiger charge is 2.49. The summed E-state index contributed by atoms with van der Waals surface area (Å²) < 4.78 is 44.1. The van der Waals surface area contributed by atoms with Crippen LogP contribution in [0, 0.1) is 0 Å². The van der Waals surface area contributed by atoms with E-state index in [9.17, 15) is 23.1 Å². The first-order valence-electron chi connectivity index (χ1n) is 12.1. The van der Waals surface area contributed by atoms with E-state index in [2.05, 4.69) is 25.0 Å². The molecule has 1 unspecified atom stereocenters. The van der Waals surface area contributed by atoms with Gasteiger partial charge in [0.25, 0.3) is 0 Å². The number of hydrogen-bond donors (Lipinski definition) is 3. The van der Waals surface area contributed by atoms with E-state index < -0.39 is 36.4 Å². The second-order valence-electron chi connectivity index (χ2n) is 9.25. The second kappa shape index (κ2) is 10.8. The molecule has 9 nitrogen and oxygen atoms in total. The van der Waals surface area contributed by atoms with Gasteiger partial charge in [-0.2, -0.15) is 23.1 Å². The van der Waals surface area contributed by atoms with Crippen LogP contribution < -0.4 is 11.1 Å². The first-order valence-corrected chi connectivity index (χ1v) is 12.5. The summed E-state index contributed by atoms with van der Waals surface area (Å²) in [5.74, 6) is -2.10. The zero-order valence-electron chi connectivity index (χ0n) is 20.3. The van der Waals surface area contributed by atoms with Crippen LogP contribution in [0.4, 0.5) is 19.0 Å². The van der Waals surface area contributed by atoms with Gasteiger partial charge in [0.1, 0.15) is 12.2 Å². The van der Waals surface area contributed by atoms with E-state index >= 15 is 0 Å². The number of nitrogens with two attached hydrogens (primary N) is 1. The molecule has 4 atom stereocenters. The maximum Gasteiger partial charge on any atom is 0.490 e. The number of anilines is 1. The minimum absolute atomic E-state index is 0.0108. The number of nitrogens with zero attached hydrogens (tertiary/aromatic N) is 4. The topological polar surface area (TPSA) is 128 Å². The Kier molecular flexibility index (Phi) is 7.43. The normalized spacial score (nSPS) is 21.4. The summed E-state index contributed by atoms with van der Waals surface area (Å²) in [7, 11) is 0. The van der Waals surface area contributed by atoms with Crippen molar-refractivity contribution in [2.24, 2.45) is 5.73 Å². The van der Waals surface area contributed by atoms with Crippen molar-refractivity contribution >= 4 is 34.6 Å². The largest absolute Gasteiger partial charge is 0.490 e. The Balaban J connectivity index is 1.42. The molecule has 0 bridgehead atoms. The van der Waals surface area contributed by atoms with Crippen molar-refractivity contribution in [1.29, 1.82) is 0 Å². The predicted octanol–water partition coefficient (Wildman–Crippen LogP) is 3.83. The third-order valence-corrected chi connectivity index (χ3v) is 6.94. The molecule has 2 aromatic carbocycles. The number of fused-ring (bicyclic) bond motifs is 1.